The summed E-state index contributed by atoms with van der Waals surface area (Å²) in [5, 5.41) is 15.5. The van der Waals surface area contributed by atoms with E-state index in [0.717, 1.165) is 22.4 Å². The van der Waals surface area contributed by atoms with Crippen LogP contribution in [0.1, 0.15) is 16.7 Å². The monoisotopic (exact) mass is 339 g/mol. The lowest BCUT2D eigenvalue weighted by Gasteiger charge is -2.10. The Morgan fingerprint density at radius 1 is 1.17 bits per heavy atom. The van der Waals surface area contributed by atoms with Gasteiger partial charge in [0, 0.05) is 22.6 Å². The number of amides is 1. The largest absolute Gasteiger partial charge is 0.360 e. The van der Waals surface area contributed by atoms with Gasteiger partial charge in [0.05, 0.1) is 0 Å². The first-order valence-corrected chi connectivity index (χ1v) is 7.80. The summed E-state index contributed by atoms with van der Waals surface area (Å²) in [5.74, 6) is -0.486. The number of benzene rings is 2. The summed E-state index contributed by atoms with van der Waals surface area (Å²) in [6.07, 6.45) is 1.41. The summed E-state index contributed by atoms with van der Waals surface area (Å²) in [6, 6.07) is 13.0. The van der Waals surface area contributed by atoms with Gasteiger partial charge in [0.25, 0.3) is 5.91 Å². The predicted octanol–water partition coefficient (Wildman–Crippen LogP) is 4.72. The fraction of sp³-hybridized carbons (Fsp3) is 0.158. The summed E-state index contributed by atoms with van der Waals surface area (Å²) in [4.78, 5) is 12.3. The van der Waals surface area contributed by atoms with Crippen molar-refractivity contribution in [3.05, 3.63) is 69.9 Å². The summed E-state index contributed by atoms with van der Waals surface area (Å²) < 4.78 is 0. The van der Waals surface area contributed by atoms with Gasteiger partial charge >= 0.3 is 0 Å². The third-order valence-electron chi connectivity index (χ3n) is 3.63. The normalized spacial score (nSPS) is 10.9. The molecule has 4 nitrogen and oxygen atoms in total. The van der Waals surface area contributed by atoms with Crippen molar-refractivity contribution in [2.45, 2.75) is 20.8 Å². The van der Waals surface area contributed by atoms with Gasteiger partial charge in [-0.2, -0.15) is 5.26 Å². The lowest BCUT2D eigenvalue weighted by Crippen LogP contribution is -2.15. The number of hydrogen-bond donors (Lipinski definition) is 2. The molecule has 0 heterocycles. The van der Waals surface area contributed by atoms with Crippen molar-refractivity contribution in [3.8, 4) is 6.07 Å². The van der Waals surface area contributed by atoms with Crippen molar-refractivity contribution < 1.29 is 4.79 Å². The van der Waals surface area contributed by atoms with Gasteiger partial charge < -0.3 is 10.6 Å². The molecule has 2 N–H and O–H groups in total. The van der Waals surface area contributed by atoms with E-state index in [1.54, 1.807) is 18.2 Å². The van der Waals surface area contributed by atoms with Crippen LogP contribution in [0.2, 0.25) is 5.02 Å². The quantitative estimate of drug-likeness (QED) is 0.625. The fourth-order valence-electron chi connectivity index (χ4n) is 2.21. The van der Waals surface area contributed by atoms with Crippen LogP contribution in [0.25, 0.3) is 0 Å². The summed E-state index contributed by atoms with van der Waals surface area (Å²) >= 11 is 6.04. The Morgan fingerprint density at radius 2 is 1.92 bits per heavy atom. The van der Waals surface area contributed by atoms with Gasteiger partial charge in [-0.1, -0.05) is 35.4 Å². The highest BCUT2D eigenvalue weighted by Gasteiger charge is 2.11. The van der Waals surface area contributed by atoms with Crippen LogP contribution < -0.4 is 10.6 Å². The van der Waals surface area contributed by atoms with E-state index in [2.05, 4.69) is 10.6 Å². The molecule has 0 bridgehead atoms. The van der Waals surface area contributed by atoms with E-state index < -0.39 is 5.91 Å². The Labute approximate surface area is 146 Å². The van der Waals surface area contributed by atoms with Gasteiger partial charge in [0.1, 0.15) is 11.6 Å². The molecule has 0 fully saturated rings. The first-order valence-electron chi connectivity index (χ1n) is 7.43. The molecule has 0 unspecified atom stereocenters. The Bertz CT molecular complexity index is 850. The highest BCUT2D eigenvalue weighted by Crippen LogP contribution is 2.23. The van der Waals surface area contributed by atoms with Crippen molar-refractivity contribution in [2.24, 2.45) is 0 Å². The lowest BCUT2D eigenvalue weighted by atomic mass is 10.1. The lowest BCUT2D eigenvalue weighted by molar-refractivity contribution is -0.112. The number of anilines is 2. The number of nitriles is 1. The van der Waals surface area contributed by atoms with Gasteiger partial charge in [0.2, 0.25) is 0 Å². The minimum atomic E-state index is -0.486. The zero-order chi connectivity index (χ0) is 17.7. The Morgan fingerprint density at radius 3 is 2.58 bits per heavy atom. The molecule has 0 saturated heterocycles. The molecule has 0 aromatic heterocycles. The maximum absolute atomic E-state index is 12.3. The minimum absolute atomic E-state index is 0.0191. The number of nitrogens with zero attached hydrogens (tertiary/aromatic N) is 1. The molecule has 5 heteroatoms. The number of rotatable bonds is 4. The Balaban J connectivity index is 2.17. The van der Waals surface area contributed by atoms with Crippen LogP contribution in [0.5, 0.6) is 0 Å². The van der Waals surface area contributed by atoms with Crippen LogP contribution in [0.3, 0.4) is 0 Å². The second-order valence-corrected chi connectivity index (χ2v) is 5.91. The molecule has 0 aliphatic carbocycles. The molecule has 0 aliphatic rings. The van der Waals surface area contributed by atoms with Crippen LogP contribution in [0, 0.1) is 32.1 Å². The van der Waals surface area contributed by atoms with Crippen LogP contribution >= 0.6 is 11.6 Å². The third kappa shape index (κ3) is 4.15. The maximum atomic E-state index is 12.3. The number of aryl methyl sites for hydroxylation is 2. The zero-order valence-electron chi connectivity index (χ0n) is 13.8. The van der Waals surface area contributed by atoms with E-state index in [1.165, 1.54) is 6.20 Å². The van der Waals surface area contributed by atoms with Gasteiger partial charge in [-0.3, -0.25) is 4.79 Å². The fourth-order valence-corrected chi connectivity index (χ4v) is 2.38. The van der Waals surface area contributed by atoms with E-state index in [0.29, 0.717) is 10.7 Å². The predicted molar refractivity (Wildman–Crippen MR) is 98.1 cm³/mol. The van der Waals surface area contributed by atoms with Gasteiger partial charge in [-0.15, -0.1) is 0 Å². The number of hydrogen-bond acceptors (Lipinski definition) is 3. The molecule has 0 saturated carbocycles. The van der Waals surface area contributed by atoms with Crippen LogP contribution in [0.4, 0.5) is 11.4 Å². The zero-order valence-corrected chi connectivity index (χ0v) is 14.5. The number of carbonyl (C=O) groups is 1. The average Bonchev–Trinajstić information content (AvgIpc) is 2.54. The highest BCUT2D eigenvalue weighted by atomic mass is 35.5. The molecular formula is C19H18ClN3O. The maximum Gasteiger partial charge on any atom is 0.267 e. The third-order valence-corrected chi connectivity index (χ3v) is 4.04. The SMILES string of the molecule is Cc1ccc(N/C=C(/C#N)C(=O)Nc2cccc(Cl)c2C)c(C)c1. The molecule has 1 amide bonds. The highest BCUT2D eigenvalue weighted by molar-refractivity contribution is 6.31. The van der Waals surface area contributed by atoms with E-state index >= 15 is 0 Å². The standard InChI is InChI=1S/C19H18ClN3O/c1-12-7-8-17(13(2)9-12)22-11-15(10-21)19(24)23-18-6-4-5-16(20)14(18)3/h4-9,11,22H,1-3H3,(H,23,24)/b15-11-. The molecule has 24 heavy (non-hydrogen) atoms. The summed E-state index contributed by atoms with van der Waals surface area (Å²) in [7, 11) is 0. The van der Waals surface area contributed by atoms with Crippen molar-refractivity contribution in [3.63, 3.8) is 0 Å². The topological polar surface area (TPSA) is 64.9 Å². The Hall–Kier alpha value is -2.77. The molecule has 0 spiro atoms. The molecule has 0 aliphatic heterocycles. The molecule has 122 valence electrons. The summed E-state index contributed by atoms with van der Waals surface area (Å²) in [5.41, 5.74) is 4.35. The molecular weight excluding hydrogens is 322 g/mol. The van der Waals surface area contributed by atoms with E-state index in [9.17, 15) is 10.1 Å². The van der Waals surface area contributed by atoms with Gasteiger partial charge in [-0.25, -0.2) is 0 Å². The number of nitrogens with one attached hydrogen (secondary N) is 2. The van der Waals surface area contributed by atoms with Crippen molar-refractivity contribution in [1.29, 1.82) is 5.26 Å². The molecule has 0 radical (unpaired) electrons. The van der Waals surface area contributed by atoms with E-state index in [1.807, 2.05) is 45.0 Å². The van der Waals surface area contributed by atoms with Crippen molar-refractivity contribution in [2.75, 3.05) is 10.6 Å². The van der Waals surface area contributed by atoms with Crippen molar-refractivity contribution in [1.82, 2.24) is 0 Å². The average molecular weight is 340 g/mol. The van der Waals surface area contributed by atoms with E-state index in [-0.39, 0.29) is 5.57 Å². The van der Waals surface area contributed by atoms with Crippen LogP contribution in [0.15, 0.2) is 48.2 Å². The van der Waals surface area contributed by atoms with Gasteiger partial charge in [-0.05, 0) is 50.1 Å². The molecule has 0 atom stereocenters. The van der Waals surface area contributed by atoms with Crippen molar-refractivity contribution >= 4 is 28.9 Å². The summed E-state index contributed by atoms with van der Waals surface area (Å²) in [6.45, 7) is 5.78. The van der Waals surface area contributed by atoms with Gasteiger partial charge in [0.15, 0.2) is 0 Å². The molecule has 2 aromatic rings. The minimum Gasteiger partial charge on any atom is -0.360 e. The molecule has 2 rings (SSSR count). The first kappa shape index (κ1) is 17.6. The second kappa shape index (κ2) is 7.67. The number of carbonyl (C=O) groups excluding carboxylic acids is 1. The second-order valence-electron chi connectivity index (χ2n) is 5.50. The first-order chi connectivity index (χ1) is 11.4. The molecule has 2 aromatic carbocycles. The van der Waals surface area contributed by atoms with Crippen LogP contribution in [-0.4, -0.2) is 5.91 Å². The smallest absolute Gasteiger partial charge is 0.267 e. The number of halogens is 1. The Kier molecular flexibility index (Phi) is 5.62. The van der Waals surface area contributed by atoms with E-state index in [4.69, 9.17) is 11.6 Å². The van der Waals surface area contributed by atoms with Crippen LogP contribution in [-0.2, 0) is 4.79 Å².